The zero-order valence-electron chi connectivity index (χ0n) is 11.2. The molecule has 0 saturated heterocycles. The smallest absolute Gasteiger partial charge is 0.0991 e. The molecule has 0 aliphatic heterocycles. The molecule has 0 aliphatic rings. The molecule has 1 N–H and O–H groups in total. The van der Waals surface area contributed by atoms with E-state index in [1.54, 1.807) is 6.20 Å². The normalized spacial score (nSPS) is 10.3. The van der Waals surface area contributed by atoms with Crippen molar-refractivity contribution in [1.82, 2.24) is 4.98 Å². The molecule has 1 aromatic heterocycles. The van der Waals surface area contributed by atoms with E-state index in [4.69, 9.17) is 16.9 Å². The van der Waals surface area contributed by atoms with Crippen LogP contribution in [0, 0.1) is 11.3 Å². The minimum absolute atomic E-state index is 0.667. The fourth-order valence-electron chi connectivity index (χ4n) is 2.17. The third kappa shape index (κ3) is 2.96. The number of anilines is 1. The zero-order chi connectivity index (χ0) is 14.7. The van der Waals surface area contributed by atoms with Gasteiger partial charge in [-0.1, -0.05) is 23.7 Å². The first kappa shape index (κ1) is 13.4. The third-order valence-electron chi connectivity index (χ3n) is 3.27. The van der Waals surface area contributed by atoms with Gasteiger partial charge in [0.25, 0.3) is 0 Å². The molecule has 3 aromatic rings. The van der Waals surface area contributed by atoms with Gasteiger partial charge in [-0.15, -0.1) is 0 Å². The Morgan fingerprint density at radius 3 is 2.67 bits per heavy atom. The summed E-state index contributed by atoms with van der Waals surface area (Å²) < 4.78 is 0. The zero-order valence-corrected chi connectivity index (χ0v) is 11.9. The maximum Gasteiger partial charge on any atom is 0.0991 e. The Kier molecular flexibility index (Phi) is 3.72. The van der Waals surface area contributed by atoms with Crippen molar-refractivity contribution in [3.8, 4) is 6.07 Å². The predicted molar refractivity (Wildman–Crippen MR) is 85.2 cm³/mol. The number of rotatable bonds is 3. The Morgan fingerprint density at radius 2 is 1.90 bits per heavy atom. The molecule has 0 bridgehead atoms. The van der Waals surface area contributed by atoms with E-state index < -0.39 is 0 Å². The summed E-state index contributed by atoms with van der Waals surface area (Å²) in [4.78, 5) is 4.33. The summed E-state index contributed by atoms with van der Waals surface area (Å²) in [6.07, 6.45) is 1.78. The maximum absolute atomic E-state index is 8.80. The first-order valence-electron chi connectivity index (χ1n) is 6.53. The monoisotopic (exact) mass is 293 g/mol. The molecule has 0 spiro atoms. The van der Waals surface area contributed by atoms with E-state index in [2.05, 4.69) is 16.4 Å². The average Bonchev–Trinajstić information content (AvgIpc) is 2.53. The molecule has 2 aromatic carbocycles. The Morgan fingerprint density at radius 1 is 1.10 bits per heavy atom. The van der Waals surface area contributed by atoms with Crippen molar-refractivity contribution in [2.75, 3.05) is 5.32 Å². The second-order valence-electron chi connectivity index (χ2n) is 4.68. The Labute approximate surface area is 127 Å². The van der Waals surface area contributed by atoms with Gasteiger partial charge < -0.3 is 5.32 Å². The van der Waals surface area contributed by atoms with Gasteiger partial charge in [0.05, 0.1) is 17.1 Å². The van der Waals surface area contributed by atoms with Gasteiger partial charge >= 0.3 is 0 Å². The lowest BCUT2D eigenvalue weighted by Crippen LogP contribution is -2.00. The number of benzene rings is 2. The van der Waals surface area contributed by atoms with Gasteiger partial charge in [-0.3, -0.25) is 4.98 Å². The lowest BCUT2D eigenvalue weighted by atomic mass is 10.1. The highest BCUT2D eigenvalue weighted by molar-refractivity contribution is 6.31. The van der Waals surface area contributed by atoms with Gasteiger partial charge in [0.15, 0.2) is 0 Å². The standard InChI is InChI=1S/C17H12ClN3/c18-14-5-6-16-15(9-14)17(7-8-20-16)21-11-13-3-1-12(10-19)2-4-13/h1-9H,11H2,(H,20,21). The second-order valence-corrected chi connectivity index (χ2v) is 5.12. The van der Waals surface area contributed by atoms with Crippen LogP contribution in [-0.2, 0) is 6.54 Å². The molecular formula is C17H12ClN3. The fraction of sp³-hybridized carbons (Fsp3) is 0.0588. The number of nitrogens with zero attached hydrogens (tertiary/aromatic N) is 2. The fourth-order valence-corrected chi connectivity index (χ4v) is 2.34. The van der Waals surface area contributed by atoms with Gasteiger partial charge in [-0.25, -0.2) is 0 Å². The summed E-state index contributed by atoms with van der Waals surface area (Å²) in [7, 11) is 0. The van der Waals surface area contributed by atoms with Crippen molar-refractivity contribution < 1.29 is 0 Å². The van der Waals surface area contributed by atoms with Gasteiger partial charge in [-0.2, -0.15) is 5.26 Å². The Balaban J connectivity index is 1.84. The topological polar surface area (TPSA) is 48.7 Å². The molecule has 0 atom stereocenters. The summed E-state index contributed by atoms with van der Waals surface area (Å²) in [5.74, 6) is 0. The summed E-state index contributed by atoms with van der Waals surface area (Å²) in [6, 6.07) is 17.2. The van der Waals surface area contributed by atoms with Crippen LogP contribution in [-0.4, -0.2) is 4.98 Å². The largest absolute Gasteiger partial charge is 0.380 e. The highest BCUT2D eigenvalue weighted by Crippen LogP contribution is 2.25. The SMILES string of the molecule is N#Cc1ccc(CNc2ccnc3ccc(Cl)cc23)cc1. The van der Waals surface area contributed by atoms with E-state index >= 15 is 0 Å². The quantitative estimate of drug-likeness (QED) is 0.780. The van der Waals surface area contributed by atoms with Gasteiger partial charge in [-0.05, 0) is 42.0 Å². The number of fused-ring (bicyclic) bond motifs is 1. The Bertz CT molecular complexity index is 820. The van der Waals surface area contributed by atoms with Crippen LogP contribution in [0.3, 0.4) is 0 Å². The lowest BCUT2D eigenvalue weighted by Gasteiger charge is -2.10. The third-order valence-corrected chi connectivity index (χ3v) is 3.50. The summed E-state index contributed by atoms with van der Waals surface area (Å²) in [5, 5.41) is 13.9. The molecule has 0 fully saturated rings. The predicted octanol–water partition coefficient (Wildman–Crippen LogP) is 4.37. The second kappa shape index (κ2) is 5.82. The van der Waals surface area contributed by atoms with Crippen molar-refractivity contribution in [3.05, 3.63) is 70.9 Å². The molecule has 3 nitrogen and oxygen atoms in total. The van der Waals surface area contributed by atoms with Crippen LogP contribution in [0.25, 0.3) is 10.9 Å². The molecule has 102 valence electrons. The highest BCUT2D eigenvalue weighted by atomic mass is 35.5. The molecule has 0 radical (unpaired) electrons. The number of pyridine rings is 1. The van der Waals surface area contributed by atoms with Crippen molar-refractivity contribution in [1.29, 1.82) is 5.26 Å². The Hall–Kier alpha value is -2.57. The van der Waals surface area contributed by atoms with E-state index in [0.29, 0.717) is 17.1 Å². The number of hydrogen-bond donors (Lipinski definition) is 1. The van der Waals surface area contributed by atoms with Crippen molar-refractivity contribution in [3.63, 3.8) is 0 Å². The summed E-state index contributed by atoms with van der Waals surface area (Å²) in [5.41, 5.74) is 3.68. The molecule has 0 unspecified atom stereocenters. The summed E-state index contributed by atoms with van der Waals surface area (Å²) in [6.45, 7) is 0.678. The maximum atomic E-state index is 8.80. The number of nitrogens with one attached hydrogen (secondary N) is 1. The molecule has 3 rings (SSSR count). The van der Waals surface area contributed by atoms with E-state index in [-0.39, 0.29) is 0 Å². The van der Waals surface area contributed by atoms with Crippen LogP contribution in [0.5, 0.6) is 0 Å². The lowest BCUT2D eigenvalue weighted by molar-refractivity contribution is 1.15. The number of hydrogen-bond acceptors (Lipinski definition) is 3. The minimum atomic E-state index is 0.667. The molecule has 0 aliphatic carbocycles. The molecule has 0 saturated carbocycles. The van der Waals surface area contributed by atoms with Crippen LogP contribution in [0.2, 0.25) is 5.02 Å². The van der Waals surface area contributed by atoms with Gasteiger partial charge in [0.2, 0.25) is 0 Å². The molecular weight excluding hydrogens is 282 g/mol. The average molecular weight is 294 g/mol. The van der Waals surface area contributed by atoms with E-state index in [9.17, 15) is 0 Å². The number of halogens is 1. The van der Waals surface area contributed by atoms with Crippen LogP contribution >= 0.6 is 11.6 Å². The molecule has 21 heavy (non-hydrogen) atoms. The number of nitriles is 1. The summed E-state index contributed by atoms with van der Waals surface area (Å²) >= 11 is 6.06. The highest BCUT2D eigenvalue weighted by Gasteiger charge is 2.03. The van der Waals surface area contributed by atoms with Crippen molar-refractivity contribution in [2.45, 2.75) is 6.54 Å². The first-order chi connectivity index (χ1) is 10.3. The first-order valence-corrected chi connectivity index (χ1v) is 6.91. The van der Waals surface area contributed by atoms with Crippen LogP contribution in [0.1, 0.15) is 11.1 Å². The number of aromatic nitrogens is 1. The van der Waals surface area contributed by atoms with Crippen LogP contribution in [0.4, 0.5) is 5.69 Å². The molecule has 0 amide bonds. The minimum Gasteiger partial charge on any atom is -0.380 e. The van der Waals surface area contributed by atoms with E-state index in [1.807, 2.05) is 48.5 Å². The van der Waals surface area contributed by atoms with Gasteiger partial charge in [0.1, 0.15) is 0 Å². The molecule has 1 heterocycles. The van der Waals surface area contributed by atoms with Crippen LogP contribution < -0.4 is 5.32 Å². The van der Waals surface area contributed by atoms with Gasteiger partial charge in [0, 0.05) is 28.8 Å². The van der Waals surface area contributed by atoms with Crippen LogP contribution in [0.15, 0.2) is 54.7 Å². The molecule has 4 heteroatoms. The van der Waals surface area contributed by atoms with Crippen molar-refractivity contribution >= 4 is 28.2 Å². The van der Waals surface area contributed by atoms with E-state index in [1.165, 1.54) is 0 Å². The van der Waals surface area contributed by atoms with Crippen molar-refractivity contribution in [2.24, 2.45) is 0 Å². The van der Waals surface area contributed by atoms with E-state index in [0.717, 1.165) is 22.2 Å².